The standard InChI is InChI=1S/C16H21N3O4/c1-10(2)16-19-18-14(23-16)5-6-17-15(20)11-7-12(21-3)9-13(8-11)22-4/h7-10H,5-6H2,1-4H3,(H,17,20). The van der Waals surface area contributed by atoms with E-state index in [2.05, 4.69) is 15.5 Å². The van der Waals surface area contributed by atoms with E-state index in [9.17, 15) is 4.79 Å². The number of nitrogens with zero attached hydrogens (tertiary/aromatic N) is 2. The number of aromatic nitrogens is 2. The molecule has 0 aliphatic heterocycles. The summed E-state index contributed by atoms with van der Waals surface area (Å²) in [6.07, 6.45) is 0.479. The van der Waals surface area contributed by atoms with E-state index in [0.29, 0.717) is 41.8 Å². The first-order chi connectivity index (χ1) is 11.0. The minimum Gasteiger partial charge on any atom is -0.497 e. The highest BCUT2D eigenvalue weighted by atomic mass is 16.5. The zero-order chi connectivity index (χ0) is 16.8. The lowest BCUT2D eigenvalue weighted by molar-refractivity contribution is 0.0953. The van der Waals surface area contributed by atoms with Crippen LogP contribution in [0.4, 0.5) is 0 Å². The molecule has 0 bridgehead atoms. The fraction of sp³-hybridized carbons (Fsp3) is 0.438. The zero-order valence-corrected chi connectivity index (χ0v) is 13.8. The van der Waals surface area contributed by atoms with Crippen molar-refractivity contribution in [2.24, 2.45) is 0 Å². The van der Waals surface area contributed by atoms with Crippen LogP contribution in [0, 0.1) is 0 Å². The van der Waals surface area contributed by atoms with E-state index in [0.717, 1.165) is 0 Å². The van der Waals surface area contributed by atoms with Gasteiger partial charge in [-0.1, -0.05) is 13.8 Å². The Morgan fingerprint density at radius 3 is 2.35 bits per heavy atom. The smallest absolute Gasteiger partial charge is 0.251 e. The average Bonchev–Trinajstić information content (AvgIpc) is 3.03. The van der Waals surface area contributed by atoms with Crippen molar-refractivity contribution in [2.45, 2.75) is 26.2 Å². The van der Waals surface area contributed by atoms with Crippen LogP contribution in [-0.2, 0) is 6.42 Å². The maximum absolute atomic E-state index is 12.2. The van der Waals surface area contributed by atoms with Crippen LogP contribution in [0.3, 0.4) is 0 Å². The molecule has 124 valence electrons. The molecule has 2 rings (SSSR count). The van der Waals surface area contributed by atoms with Crippen molar-refractivity contribution in [3.63, 3.8) is 0 Å². The van der Waals surface area contributed by atoms with Gasteiger partial charge in [-0.05, 0) is 12.1 Å². The van der Waals surface area contributed by atoms with Crippen molar-refractivity contribution < 1.29 is 18.7 Å². The number of nitrogens with one attached hydrogen (secondary N) is 1. The molecule has 7 nitrogen and oxygen atoms in total. The molecule has 0 radical (unpaired) electrons. The Kier molecular flexibility index (Phi) is 5.56. The number of benzene rings is 1. The highest BCUT2D eigenvalue weighted by Crippen LogP contribution is 2.22. The van der Waals surface area contributed by atoms with Gasteiger partial charge in [0.15, 0.2) is 0 Å². The summed E-state index contributed by atoms with van der Waals surface area (Å²) in [6, 6.07) is 5.02. The third-order valence-electron chi connectivity index (χ3n) is 3.21. The highest BCUT2D eigenvalue weighted by molar-refractivity contribution is 5.95. The molecular weight excluding hydrogens is 298 g/mol. The topological polar surface area (TPSA) is 86.5 Å². The SMILES string of the molecule is COc1cc(OC)cc(C(=O)NCCc2nnc(C(C)C)o2)c1. The van der Waals surface area contributed by atoms with Crippen LogP contribution in [0.25, 0.3) is 0 Å². The molecule has 0 aliphatic carbocycles. The first-order valence-corrected chi connectivity index (χ1v) is 7.37. The molecule has 1 amide bonds. The van der Waals surface area contributed by atoms with Crippen molar-refractivity contribution in [1.82, 2.24) is 15.5 Å². The summed E-state index contributed by atoms with van der Waals surface area (Å²) >= 11 is 0. The molecule has 0 spiro atoms. The predicted octanol–water partition coefficient (Wildman–Crippen LogP) is 2.18. The molecule has 0 atom stereocenters. The first kappa shape index (κ1) is 16.8. The fourth-order valence-corrected chi connectivity index (χ4v) is 1.92. The van der Waals surface area contributed by atoms with Gasteiger partial charge in [0.25, 0.3) is 5.91 Å². The number of hydrogen-bond acceptors (Lipinski definition) is 6. The second kappa shape index (κ2) is 7.62. The molecular formula is C16H21N3O4. The summed E-state index contributed by atoms with van der Waals surface area (Å²) in [5.74, 6) is 2.21. The third kappa shape index (κ3) is 4.45. The van der Waals surface area contributed by atoms with E-state index in [1.54, 1.807) is 32.4 Å². The first-order valence-electron chi connectivity index (χ1n) is 7.37. The molecule has 0 aliphatic rings. The number of rotatable bonds is 7. The van der Waals surface area contributed by atoms with E-state index in [1.807, 2.05) is 13.8 Å². The van der Waals surface area contributed by atoms with Crippen LogP contribution >= 0.6 is 0 Å². The molecule has 1 N–H and O–H groups in total. The van der Waals surface area contributed by atoms with Crippen LogP contribution in [0.5, 0.6) is 11.5 Å². The number of carbonyl (C=O) groups excluding carboxylic acids is 1. The van der Waals surface area contributed by atoms with Crippen molar-refractivity contribution in [1.29, 1.82) is 0 Å². The maximum atomic E-state index is 12.2. The second-order valence-electron chi connectivity index (χ2n) is 5.30. The Hall–Kier alpha value is -2.57. The van der Waals surface area contributed by atoms with Crippen molar-refractivity contribution in [3.05, 3.63) is 35.5 Å². The van der Waals surface area contributed by atoms with Gasteiger partial charge in [0.1, 0.15) is 11.5 Å². The quantitative estimate of drug-likeness (QED) is 0.842. The number of methoxy groups -OCH3 is 2. The highest BCUT2D eigenvalue weighted by Gasteiger charge is 2.12. The molecule has 0 fully saturated rings. The van der Waals surface area contributed by atoms with E-state index in [-0.39, 0.29) is 11.8 Å². The largest absolute Gasteiger partial charge is 0.497 e. The lowest BCUT2D eigenvalue weighted by Crippen LogP contribution is -2.25. The van der Waals surface area contributed by atoms with E-state index < -0.39 is 0 Å². The summed E-state index contributed by atoms with van der Waals surface area (Å²) < 4.78 is 15.8. The normalized spacial score (nSPS) is 10.7. The minimum atomic E-state index is -0.217. The predicted molar refractivity (Wildman–Crippen MR) is 84.0 cm³/mol. The Bertz CT molecular complexity index is 645. The summed E-state index contributed by atoms with van der Waals surface area (Å²) in [5, 5.41) is 10.7. The monoisotopic (exact) mass is 319 g/mol. The van der Waals surface area contributed by atoms with Gasteiger partial charge in [0, 0.05) is 30.5 Å². The van der Waals surface area contributed by atoms with Crippen molar-refractivity contribution in [3.8, 4) is 11.5 Å². The zero-order valence-electron chi connectivity index (χ0n) is 13.8. The Morgan fingerprint density at radius 1 is 1.17 bits per heavy atom. The van der Waals surface area contributed by atoms with Crippen molar-refractivity contribution in [2.75, 3.05) is 20.8 Å². The van der Waals surface area contributed by atoms with Gasteiger partial charge in [0.2, 0.25) is 11.8 Å². The van der Waals surface area contributed by atoms with E-state index in [4.69, 9.17) is 13.9 Å². The number of carbonyl (C=O) groups is 1. The number of amides is 1. The summed E-state index contributed by atoms with van der Waals surface area (Å²) in [5.41, 5.74) is 0.467. The van der Waals surface area contributed by atoms with E-state index >= 15 is 0 Å². The molecule has 2 aromatic rings. The molecule has 1 aromatic heterocycles. The van der Waals surface area contributed by atoms with Crippen LogP contribution in [0.1, 0.15) is 41.9 Å². The second-order valence-corrected chi connectivity index (χ2v) is 5.30. The van der Waals surface area contributed by atoms with Crippen LogP contribution in [0.2, 0.25) is 0 Å². The lowest BCUT2D eigenvalue weighted by atomic mass is 10.2. The number of ether oxygens (including phenoxy) is 2. The summed E-state index contributed by atoms with van der Waals surface area (Å²) in [4.78, 5) is 12.2. The lowest BCUT2D eigenvalue weighted by Gasteiger charge is -2.08. The molecule has 7 heteroatoms. The summed E-state index contributed by atoms with van der Waals surface area (Å²) in [7, 11) is 3.08. The molecule has 1 heterocycles. The Balaban J connectivity index is 1.94. The van der Waals surface area contributed by atoms with Gasteiger partial charge < -0.3 is 19.2 Å². The van der Waals surface area contributed by atoms with Crippen LogP contribution in [-0.4, -0.2) is 36.9 Å². The van der Waals surface area contributed by atoms with Crippen molar-refractivity contribution >= 4 is 5.91 Å². The molecule has 0 unspecified atom stereocenters. The molecule has 23 heavy (non-hydrogen) atoms. The Morgan fingerprint density at radius 2 is 1.83 bits per heavy atom. The van der Waals surface area contributed by atoms with Gasteiger partial charge >= 0.3 is 0 Å². The maximum Gasteiger partial charge on any atom is 0.251 e. The molecule has 0 saturated heterocycles. The van der Waals surface area contributed by atoms with Gasteiger partial charge in [-0.15, -0.1) is 10.2 Å². The summed E-state index contributed by atoms with van der Waals surface area (Å²) in [6.45, 7) is 4.36. The van der Waals surface area contributed by atoms with Gasteiger partial charge in [-0.2, -0.15) is 0 Å². The molecule has 0 saturated carbocycles. The van der Waals surface area contributed by atoms with Crippen LogP contribution < -0.4 is 14.8 Å². The van der Waals surface area contributed by atoms with Gasteiger partial charge in [-0.3, -0.25) is 4.79 Å². The minimum absolute atomic E-state index is 0.190. The Labute approximate surface area is 135 Å². The van der Waals surface area contributed by atoms with E-state index in [1.165, 1.54) is 0 Å². The molecule has 1 aromatic carbocycles. The number of hydrogen-bond donors (Lipinski definition) is 1. The fourth-order valence-electron chi connectivity index (χ4n) is 1.92. The van der Waals surface area contributed by atoms with Crippen LogP contribution in [0.15, 0.2) is 22.6 Å². The van der Waals surface area contributed by atoms with Gasteiger partial charge in [-0.25, -0.2) is 0 Å². The van der Waals surface area contributed by atoms with Gasteiger partial charge in [0.05, 0.1) is 14.2 Å². The average molecular weight is 319 g/mol. The third-order valence-corrected chi connectivity index (χ3v) is 3.21.